The number of nitrogens with one attached hydrogen (secondary N) is 1. The zero-order chi connectivity index (χ0) is 12.2. The molecule has 0 aliphatic heterocycles. The molecular weight excluding hydrogens is 214 g/mol. The maximum Gasteiger partial charge on any atom is 0.0206 e. The zero-order valence-corrected chi connectivity index (χ0v) is 12.5. The fraction of sp³-hybridized carbons (Fsp3) is 1.00. The molecule has 1 aliphatic carbocycles. The molecule has 0 aromatic carbocycles. The summed E-state index contributed by atoms with van der Waals surface area (Å²) in [5.41, 5.74) is 0.558. The number of hydrogen-bond donors (Lipinski definition) is 1. The van der Waals surface area contributed by atoms with Crippen LogP contribution in [0.15, 0.2) is 0 Å². The van der Waals surface area contributed by atoms with Crippen LogP contribution >= 0.6 is 11.8 Å². The first kappa shape index (κ1) is 14.4. The second-order valence-electron chi connectivity index (χ2n) is 6.39. The maximum absolute atomic E-state index is 3.51. The third kappa shape index (κ3) is 4.67. The van der Waals surface area contributed by atoms with Crippen molar-refractivity contribution >= 4 is 11.8 Å². The maximum atomic E-state index is 3.51. The lowest BCUT2D eigenvalue weighted by Gasteiger charge is -2.40. The molecule has 0 radical (unpaired) electrons. The Balaban J connectivity index is 2.39. The van der Waals surface area contributed by atoms with Crippen molar-refractivity contribution in [1.29, 1.82) is 0 Å². The predicted octanol–water partition coefficient (Wildman–Crippen LogP) is 3.93. The molecule has 0 spiro atoms. The van der Waals surface area contributed by atoms with Gasteiger partial charge in [0.1, 0.15) is 0 Å². The Labute approximate surface area is 106 Å². The molecule has 2 atom stereocenters. The Hall–Kier alpha value is 0.310. The van der Waals surface area contributed by atoms with Crippen LogP contribution in [0.25, 0.3) is 0 Å². The Morgan fingerprint density at radius 1 is 1.38 bits per heavy atom. The van der Waals surface area contributed by atoms with Gasteiger partial charge in [-0.25, -0.2) is 0 Å². The van der Waals surface area contributed by atoms with E-state index in [0.717, 1.165) is 17.2 Å². The molecule has 1 saturated carbocycles. The van der Waals surface area contributed by atoms with Gasteiger partial charge < -0.3 is 5.32 Å². The Kier molecular flexibility index (Phi) is 5.66. The van der Waals surface area contributed by atoms with E-state index < -0.39 is 0 Å². The summed E-state index contributed by atoms with van der Waals surface area (Å²) in [6.45, 7) is 9.49. The highest BCUT2D eigenvalue weighted by atomic mass is 32.2. The molecule has 1 fully saturated rings. The molecule has 1 rings (SSSR count). The first-order valence-electron chi connectivity index (χ1n) is 6.73. The van der Waals surface area contributed by atoms with Crippen LogP contribution in [-0.2, 0) is 0 Å². The van der Waals surface area contributed by atoms with Gasteiger partial charge in [-0.2, -0.15) is 11.8 Å². The van der Waals surface area contributed by atoms with E-state index in [2.05, 4.69) is 51.8 Å². The normalized spacial score (nSPS) is 29.6. The number of hydrogen-bond acceptors (Lipinski definition) is 2. The molecule has 96 valence electrons. The van der Waals surface area contributed by atoms with E-state index in [4.69, 9.17) is 0 Å². The van der Waals surface area contributed by atoms with E-state index in [1.165, 1.54) is 31.4 Å². The molecule has 0 bridgehead atoms. The highest BCUT2D eigenvalue weighted by Gasteiger charge is 2.34. The van der Waals surface area contributed by atoms with Crippen LogP contribution in [0.2, 0.25) is 0 Å². The lowest BCUT2D eigenvalue weighted by atomic mass is 9.75. The predicted molar refractivity (Wildman–Crippen MR) is 76.2 cm³/mol. The van der Waals surface area contributed by atoms with E-state index >= 15 is 0 Å². The minimum Gasteiger partial charge on any atom is -0.316 e. The van der Waals surface area contributed by atoms with Gasteiger partial charge in [-0.1, -0.05) is 27.7 Å². The number of rotatable bonds is 5. The summed E-state index contributed by atoms with van der Waals surface area (Å²) in [6, 6.07) is 0.741. The van der Waals surface area contributed by atoms with Gasteiger partial charge in [0.15, 0.2) is 0 Å². The highest BCUT2D eigenvalue weighted by molar-refractivity contribution is 7.99. The molecule has 0 heterocycles. The van der Waals surface area contributed by atoms with Crippen LogP contribution < -0.4 is 5.32 Å². The van der Waals surface area contributed by atoms with Gasteiger partial charge in [-0.3, -0.25) is 0 Å². The van der Waals surface area contributed by atoms with Gasteiger partial charge in [0, 0.05) is 11.3 Å². The lowest BCUT2D eigenvalue weighted by Crippen LogP contribution is -2.43. The van der Waals surface area contributed by atoms with Crippen LogP contribution in [0.1, 0.15) is 53.4 Å². The second kappa shape index (κ2) is 6.30. The fourth-order valence-electron chi connectivity index (χ4n) is 2.48. The van der Waals surface area contributed by atoms with E-state index in [9.17, 15) is 0 Å². The van der Waals surface area contributed by atoms with Crippen LogP contribution in [0.4, 0.5) is 0 Å². The van der Waals surface area contributed by atoms with Crippen LogP contribution in [-0.4, -0.2) is 24.1 Å². The molecule has 2 unspecified atom stereocenters. The summed E-state index contributed by atoms with van der Waals surface area (Å²) in [5, 5.41) is 4.34. The largest absolute Gasteiger partial charge is 0.316 e. The first-order valence-corrected chi connectivity index (χ1v) is 7.78. The van der Waals surface area contributed by atoms with Crippen molar-refractivity contribution in [2.24, 2.45) is 11.3 Å². The minimum atomic E-state index is 0.558. The molecule has 1 aliphatic rings. The molecule has 1 nitrogen and oxygen atoms in total. The standard InChI is InChI=1S/C14H29NS/c1-11(2)7-9-16-13-10-14(3,4)8-6-12(13)15-5/h11-13,15H,6-10H2,1-5H3. The van der Waals surface area contributed by atoms with Crippen molar-refractivity contribution in [1.82, 2.24) is 5.32 Å². The van der Waals surface area contributed by atoms with Crippen molar-refractivity contribution in [2.45, 2.75) is 64.7 Å². The summed E-state index contributed by atoms with van der Waals surface area (Å²) >= 11 is 2.20. The van der Waals surface area contributed by atoms with Gasteiger partial charge in [0.25, 0.3) is 0 Å². The molecule has 2 heteroatoms. The number of thioether (sulfide) groups is 1. The second-order valence-corrected chi connectivity index (χ2v) is 7.74. The topological polar surface area (TPSA) is 12.0 Å². The quantitative estimate of drug-likeness (QED) is 0.785. The van der Waals surface area contributed by atoms with Crippen molar-refractivity contribution < 1.29 is 0 Å². The first-order chi connectivity index (χ1) is 7.44. The average molecular weight is 243 g/mol. The molecule has 0 aromatic heterocycles. The van der Waals surface area contributed by atoms with Gasteiger partial charge in [-0.05, 0) is 49.8 Å². The average Bonchev–Trinajstić information content (AvgIpc) is 2.16. The van der Waals surface area contributed by atoms with Crippen LogP contribution in [0, 0.1) is 11.3 Å². The SMILES string of the molecule is CNC1CCC(C)(C)CC1SCCC(C)C. The van der Waals surface area contributed by atoms with Crippen molar-refractivity contribution in [2.75, 3.05) is 12.8 Å². The monoisotopic (exact) mass is 243 g/mol. The molecule has 0 aromatic rings. The summed E-state index contributed by atoms with van der Waals surface area (Å²) in [4.78, 5) is 0. The Morgan fingerprint density at radius 3 is 2.62 bits per heavy atom. The summed E-state index contributed by atoms with van der Waals surface area (Å²) in [5.74, 6) is 2.17. The van der Waals surface area contributed by atoms with Gasteiger partial charge in [-0.15, -0.1) is 0 Å². The lowest BCUT2D eigenvalue weighted by molar-refractivity contribution is 0.218. The highest BCUT2D eigenvalue weighted by Crippen LogP contribution is 2.40. The van der Waals surface area contributed by atoms with E-state index in [1.54, 1.807) is 0 Å². The molecule has 0 amide bonds. The van der Waals surface area contributed by atoms with E-state index in [0.29, 0.717) is 5.41 Å². The van der Waals surface area contributed by atoms with Gasteiger partial charge in [0.2, 0.25) is 0 Å². The molecule has 0 saturated heterocycles. The van der Waals surface area contributed by atoms with Crippen molar-refractivity contribution in [3.63, 3.8) is 0 Å². The molecular formula is C14H29NS. The van der Waals surface area contributed by atoms with E-state index in [1.807, 2.05) is 0 Å². The molecule has 1 N–H and O–H groups in total. The third-order valence-electron chi connectivity index (χ3n) is 3.73. The minimum absolute atomic E-state index is 0.558. The summed E-state index contributed by atoms with van der Waals surface area (Å²) in [7, 11) is 2.12. The van der Waals surface area contributed by atoms with Gasteiger partial charge >= 0.3 is 0 Å². The Morgan fingerprint density at radius 2 is 2.06 bits per heavy atom. The zero-order valence-electron chi connectivity index (χ0n) is 11.7. The summed E-state index contributed by atoms with van der Waals surface area (Å²) in [6.07, 6.45) is 5.46. The summed E-state index contributed by atoms with van der Waals surface area (Å²) < 4.78 is 0. The van der Waals surface area contributed by atoms with Crippen LogP contribution in [0.3, 0.4) is 0 Å². The fourth-order valence-corrected chi connectivity index (χ4v) is 4.47. The van der Waals surface area contributed by atoms with E-state index in [-0.39, 0.29) is 0 Å². The van der Waals surface area contributed by atoms with Crippen molar-refractivity contribution in [3.8, 4) is 0 Å². The molecule has 16 heavy (non-hydrogen) atoms. The van der Waals surface area contributed by atoms with Crippen molar-refractivity contribution in [3.05, 3.63) is 0 Å². The van der Waals surface area contributed by atoms with Crippen LogP contribution in [0.5, 0.6) is 0 Å². The Bertz CT molecular complexity index is 201. The third-order valence-corrected chi connectivity index (χ3v) is 5.13. The van der Waals surface area contributed by atoms with Gasteiger partial charge in [0.05, 0.1) is 0 Å². The smallest absolute Gasteiger partial charge is 0.0206 e.